The molecular weight excluding hydrogens is 308 g/mol. The quantitative estimate of drug-likeness (QED) is 0.794. The van der Waals surface area contributed by atoms with E-state index in [-0.39, 0.29) is 11.8 Å². The van der Waals surface area contributed by atoms with Crippen molar-refractivity contribution in [2.75, 3.05) is 10.6 Å². The van der Waals surface area contributed by atoms with Crippen molar-refractivity contribution >= 4 is 29.2 Å². The minimum Gasteiger partial charge on any atom is -0.481 e. The van der Waals surface area contributed by atoms with Crippen molar-refractivity contribution in [2.45, 2.75) is 44.9 Å². The maximum atomic E-state index is 12.5. The number of carboxylic acids is 1. The first-order chi connectivity index (χ1) is 11.5. The highest BCUT2D eigenvalue weighted by atomic mass is 16.4. The number of fused-ring (bicyclic) bond motifs is 1. The van der Waals surface area contributed by atoms with Crippen molar-refractivity contribution in [3.63, 3.8) is 0 Å². The van der Waals surface area contributed by atoms with Gasteiger partial charge in [0.15, 0.2) is 0 Å². The van der Waals surface area contributed by atoms with E-state index in [1.807, 2.05) is 6.07 Å². The van der Waals surface area contributed by atoms with Crippen molar-refractivity contribution in [3.8, 4) is 0 Å². The fourth-order valence-corrected chi connectivity index (χ4v) is 3.63. The average Bonchev–Trinajstić information content (AvgIpc) is 2.75. The SMILES string of the molecule is O=C1CCCc2cc(NC(=O)C3CCCCC3C(=O)O)ccc2N1. The molecule has 3 rings (SSSR count). The molecule has 2 amide bonds. The average molecular weight is 330 g/mol. The number of benzene rings is 1. The second-order valence-electron chi connectivity index (χ2n) is 6.60. The molecule has 2 atom stereocenters. The molecule has 1 aromatic carbocycles. The van der Waals surface area contributed by atoms with Crippen LogP contribution in [0.1, 0.15) is 44.1 Å². The van der Waals surface area contributed by atoms with Crippen molar-refractivity contribution in [3.05, 3.63) is 23.8 Å². The van der Waals surface area contributed by atoms with Crippen LogP contribution in [0, 0.1) is 11.8 Å². The van der Waals surface area contributed by atoms with E-state index in [0.29, 0.717) is 24.9 Å². The Balaban J connectivity index is 1.73. The fourth-order valence-electron chi connectivity index (χ4n) is 3.63. The molecule has 0 bridgehead atoms. The van der Waals surface area contributed by atoms with Crippen LogP contribution in [0.25, 0.3) is 0 Å². The molecule has 128 valence electrons. The Kier molecular flexibility index (Phi) is 4.83. The Morgan fingerprint density at radius 1 is 1.08 bits per heavy atom. The molecule has 1 aliphatic heterocycles. The van der Waals surface area contributed by atoms with Gasteiger partial charge in [0.25, 0.3) is 0 Å². The number of hydrogen-bond donors (Lipinski definition) is 3. The van der Waals surface area contributed by atoms with Gasteiger partial charge in [0.05, 0.1) is 11.8 Å². The Morgan fingerprint density at radius 2 is 1.83 bits per heavy atom. The van der Waals surface area contributed by atoms with Gasteiger partial charge in [-0.1, -0.05) is 12.8 Å². The molecular formula is C18H22N2O4. The summed E-state index contributed by atoms with van der Waals surface area (Å²) in [5.74, 6) is -2.18. The van der Waals surface area contributed by atoms with E-state index in [2.05, 4.69) is 10.6 Å². The number of hydrogen-bond acceptors (Lipinski definition) is 3. The van der Waals surface area contributed by atoms with Crippen LogP contribution in [0.3, 0.4) is 0 Å². The van der Waals surface area contributed by atoms with E-state index in [9.17, 15) is 19.5 Å². The molecule has 6 heteroatoms. The number of carbonyl (C=O) groups excluding carboxylic acids is 2. The van der Waals surface area contributed by atoms with Gasteiger partial charge >= 0.3 is 5.97 Å². The first kappa shape index (κ1) is 16.5. The van der Waals surface area contributed by atoms with E-state index < -0.39 is 17.8 Å². The van der Waals surface area contributed by atoms with Crippen LogP contribution in [0.4, 0.5) is 11.4 Å². The second-order valence-corrected chi connectivity index (χ2v) is 6.60. The topological polar surface area (TPSA) is 95.5 Å². The smallest absolute Gasteiger partial charge is 0.307 e. The normalized spacial score (nSPS) is 23.6. The first-order valence-electron chi connectivity index (χ1n) is 8.51. The van der Waals surface area contributed by atoms with Gasteiger partial charge < -0.3 is 15.7 Å². The van der Waals surface area contributed by atoms with Crippen LogP contribution in [-0.4, -0.2) is 22.9 Å². The molecule has 2 aliphatic rings. The molecule has 1 heterocycles. The largest absolute Gasteiger partial charge is 0.481 e. The molecule has 0 saturated heterocycles. The lowest BCUT2D eigenvalue weighted by molar-refractivity contribution is -0.147. The number of amides is 2. The number of carbonyl (C=O) groups is 3. The second kappa shape index (κ2) is 7.03. The van der Waals surface area contributed by atoms with Crippen molar-refractivity contribution in [2.24, 2.45) is 11.8 Å². The van der Waals surface area contributed by atoms with Gasteiger partial charge in [0, 0.05) is 17.8 Å². The summed E-state index contributed by atoms with van der Waals surface area (Å²) in [7, 11) is 0. The van der Waals surface area contributed by atoms with Crippen molar-refractivity contribution in [1.29, 1.82) is 0 Å². The maximum Gasteiger partial charge on any atom is 0.307 e. The molecule has 1 saturated carbocycles. The van der Waals surface area contributed by atoms with E-state index in [4.69, 9.17) is 0 Å². The highest BCUT2D eigenvalue weighted by molar-refractivity contribution is 5.96. The zero-order valence-electron chi connectivity index (χ0n) is 13.5. The fraction of sp³-hybridized carbons (Fsp3) is 0.500. The first-order valence-corrected chi connectivity index (χ1v) is 8.51. The lowest BCUT2D eigenvalue weighted by Crippen LogP contribution is -2.36. The molecule has 0 spiro atoms. The van der Waals surface area contributed by atoms with Crippen molar-refractivity contribution < 1.29 is 19.5 Å². The summed E-state index contributed by atoms with van der Waals surface area (Å²) < 4.78 is 0. The number of carboxylic acid groups (broad SMARTS) is 1. The highest BCUT2D eigenvalue weighted by Crippen LogP contribution is 2.32. The third-order valence-corrected chi connectivity index (χ3v) is 4.92. The standard InChI is InChI=1S/C18H22N2O4/c21-16-7-3-4-11-10-12(8-9-15(11)20-16)19-17(22)13-5-1-2-6-14(13)18(23)24/h8-10,13-14H,1-7H2,(H,19,22)(H,20,21)(H,23,24). The molecule has 6 nitrogen and oxygen atoms in total. The van der Waals surface area contributed by atoms with Crippen LogP contribution in [-0.2, 0) is 20.8 Å². The van der Waals surface area contributed by atoms with Crippen LogP contribution < -0.4 is 10.6 Å². The minimum atomic E-state index is -0.889. The molecule has 1 fully saturated rings. The van der Waals surface area contributed by atoms with Gasteiger partial charge in [-0.05, 0) is 49.4 Å². The maximum absolute atomic E-state index is 12.5. The van der Waals surface area contributed by atoms with E-state index in [0.717, 1.165) is 36.9 Å². The summed E-state index contributed by atoms with van der Waals surface area (Å²) in [5.41, 5.74) is 2.44. The van der Waals surface area contributed by atoms with E-state index in [1.54, 1.807) is 12.1 Å². The van der Waals surface area contributed by atoms with Gasteiger partial charge in [-0.25, -0.2) is 0 Å². The summed E-state index contributed by atoms with van der Waals surface area (Å²) in [6, 6.07) is 5.42. The number of anilines is 2. The van der Waals surface area contributed by atoms with Gasteiger partial charge in [-0.2, -0.15) is 0 Å². The monoisotopic (exact) mass is 330 g/mol. The zero-order chi connectivity index (χ0) is 17.1. The minimum absolute atomic E-state index is 0.0111. The Bertz CT molecular complexity index is 671. The molecule has 1 aromatic rings. The van der Waals surface area contributed by atoms with E-state index in [1.165, 1.54) is 0 Å². The van der Waals surface area contributed by atoms with Crippen LogP contribution in [0.5, 0.6) is 0 Å². The summed E-state index contributed by atoms with van der Waals surface area (Å²) in [6.07, 6.45) is 4.97. The van der Waals surface area contributed by atoms with Gasteiger partial charge in [-0.15, -0.1) is 0 Å². The summed E-state index contributed by atoms with van der Waals surface area (Å²) in [5, 5.41) is 15.0. The summed E-state index contributed by atoms with van der Waals surface area (Å²) >= 11 is 0. The van der Waals surface area contributed by atoms with Crippen LogP contribution >= 0.6 is 0 Å². The van der Waals surface area contributed by atoms with Gasteiger partial charge in [-0.3, -0.25) is 14.4 Å². The lowest BCUT2D eigenvalue weighted by atomic mass is 9.78. The van der Waals surface area contributed by atoms with Crippen molar-refractivity contribution in [1.82, 2.24) is 0 Å². The molecule has 3 N–H and O–H groups in total. The molecule has 24 heavy (non-hydrogen) atoms. The predicted octanol–water partition coefficient (Wildman–Crippen LogP) is 2.79. The van der Waals surface area contributed by atoms with Crippen LogP contribution in [0.2, 0.25) is 0 Å². The third-order valence-electron chi connectivity index (χ3n) is 4.92. The zero-order valence-corrected chi connectivity index (χ0v) is 13.5. The highest BCUT2D eigenvalue weighted by Gasteiger charge is 2.35. The Hall–Kier alpha value is -2.37. The van der Waals surface area contributed by atoms with Crippen LogP contribution in [0.15, 0.2) is 18.2 Å². The summed E-state index contributed by atoms with van der Waals surface area (Å²) in [4.78, 5) is 35.5. The molecule has 0 aromatic heterocycles. The lowest BCUT2D eigenvalue weighted by Gasteiger charge is -2.27. The third kappa shape index (κ3) is 3.58. The van der Waals surface area contributed by atoms with E-state index >= 15 is 0 Å². The number of aryl methyl sites for hydroxylation is 1. The Labute approximate surface area is 140 Å². The molecule has 1 aliphatic carbocycles. The summed E-state index contributed by atoms with van der Waals surface area (Å²) in [6.45, 7) is 0. The molecule has 2 unspecified atom stereocenters. The molecule has 0 radical (unpaired) electrons. The van der Waals surface area contributed by atoms with Gasteiger partial charge in [0.2, 0.25) is 11.8 Å². The number of aliphatic carboxylic acids is 1. The number of nitrogens with one attached hydrogen (secondary N) is 2. The van der Waals surface area contributed by atoms with Gasteiger partial charge in [0.1, 0.15) is 0 Å². The number of rotatable bonds is 3. The predicted molar refractivity (Wildman–Crippen MR) is 89.7 cm³/mol. The Morgan fingerprint density at radius 3 is 2.58 bits per heavy atom.